The minimum Gasteiger partial charge on any atom is -0.374 e. The van der Waals surface area contributed by atoms with Crippen molar-refractivity contribution in [1.29, 1.82) is 5.41 Å². The van der Waals surface area contributed by atoms with E-state index in [2.05, 4.69) is 22.2 Å². The molecular weight excluding hydrogens is 391 g/mol. The maximum absolute atomic E-state index is 13.7. The number of nitrogens with two attached hydrogens (primary N) is 1. The molecule has 0 unspecified atom stereocenters. The molecular formula is C20H25FN6O3. The second-order valence-corrected chi connectivity index (χ2v) is 7.13. The third kappa shape index (κ3) is 5.49. The van der Waals surface area contributed by atoms with Crippen molar-refractivity contribution in [3.63, 3.8) is 0 Å². The number of amides is 3. The molecule has 0 radical (unpaired) electrons. The zero-order chi connectivity index (χ0) is 22.4. The topological polar surface area (TPSA) is 141 Å². The molecule has 10 heteroatoms. The highest BCUT2D eigenvalue weighted by atomic mass is 19.1. The van der Waals surface area contributed by atoms with E-state index in [0.717, 1.165) is 0 Å². The molecule has 1 aliphatic heterocycles. The molecule has 3 amide bonds. The molecule has 9 nitrogen and oxygen atoms in total. The van der Waals surface area contributed by atoms with Crippen LogP contribution in [0.3, 0.4) is 0 Å². The van der Waals surface area contributed by atoms with Crippen molar-refractivity contribution in [2.75, 3.05) is 25.0 Å². The standard InChI is InChI=1S/C20H25FN6O3/c1-11(2)14(21)7-26-20(30)16-6-12(3)10-27(16)17(28)9-25-15-8-24-5-4-13(15)18(22)19(23)29/h4-5,8,16,22,25H,3,6-7,9-10H2,1-2H3,(H2,23,29)(H,26,30)/t16-/m0/s1. The number of hydrogen-bond donors (Lipinski definition) is 4. The van der Waals surface area contributed by atoms with Crippen LogP contribution in [0.15, 0.2) is 42.0 Å². The first-order valence-corrected chi connectivity index (χ1v) is 9.24. The van der Waals surface area contributed by atoms with E-state index >= 15 is 0 Å². The summed E-state index contributed by atoms with van der Waals surface area (Å²) in [6, 6.07) is 0.653. The monoisotopic (exact) mass is 416 g/mol. The van der Waals surface area contributed by atoms with Crippen molar-refractivity contribution >= 4 is 29.1 Å². The van der Waals surface area contributed by atoms with Gasteiger partial charge in [0.1, 0.15) is 17.6 Å². The van der Waals surface area contributed by atoms with Gasteiger partial charge in [0.15, 0.2) is 0 Å². The number of primary amides is 1. The van der Waals surface area contributed by atoms with Crippen LogP contribution in [-0.2, 0) is 14.4 Å². The smallest absolute Gasteiger partial charge is 0.267 e. The van der Waals surface area contributed by atoms with Gasteiger partial charge in [-0.3, -0.25) is 24.8 Å². The number of carbonyl (C=O) groups excluding carboxylic acids is 3. The van der Waals surface area contributed by atoms with E-state index in [9.17, 15) is 18.8 Å². The molecule has 1 aliphatic rings. The van der Waals surface area contributed by atoms with Crippen molar-refractivity contribution in [2.24, 2.45) is 5.73 Å². The van der Waals surface area contributed by atoms with Crippen molar-refractivity contribution in [3.8, 4) is 0 Å². The Morgan fingerprint density at radius 3 is 2.70 bits per heavy atom. The average molecular weight is 416 g/mol. The summed E-state index contributed by atoms with van der Waals surface area (Å²) in [5.74, 6) is -2.19. The minimum absolute atomic E-state index is 0.204. The molecule has 0 aliphatic carbocycles. The maximum atomic E-state index is 13.7. The molecule has 0 spiro atoms. The van der Waals surface area contributed by atoms with Gasteiger partial charge in [0.2, 0.25) is 11.8 Å². The lowest BCUT2D eigenvalue weighted by atomic mass is 10.1. The molecule has 1 aromatic heterocycles. The Morgan fingerprint density at radius 2 is 2.07 bits per heavy atom. The van der Waals surface area contributed by atoms with Crippen molar-refractivity contribution in [2.45, 2.75) is 26.3 Å². The van der Waals surface area contributed by atoms with Crippen LogP contribution >= 0.6 is 0 Å². The van der Waals surface area contributed by atoms with Crippen molar-refractivity contribution in [3.05, 3.63) is 47.6 Å². The highest BCUT2D eigenvalue weighted by Gasteiger charge is 2.35. The summed E-state index contributed by atoms with van der Waals surface area (Å²) in [6.07, 6.45) is 3.06. The molecule has 1 saturated heterocycles. The van der Waals surface area contributed by atoms with E-state index in [1.165, 1.54) is 23.4 Å². The Bertz CT molecular complexity index is 923. The number of pyridine rings is 1. The number of likely N-dealkylation sites (tertiary alicyclic amines) is 1. The van der Waals surface area contributed by atoms with E-state index < -0.39 is 35.3 Å². The summed E-state index contributed by atoms with van der Waals surface area (Å²) in [6.45, 7) is 6.82. The summed E-state index contributed by atoms with van der Waals surface area (Å²) < 4.78 is 13.7. The first kappa shape index (κ1) is 22.7. The van der Waals surface area contributed by atoms with Gasteiger partial charge < -0.3 is 21.3 Å². The molecule has 5 N–H and O–H groups in total. The Balaban J connectivity index is 2.06. The Labute approximate surface area is 173 Å². The van der Waals surface area contributed by atoms with Crippen molar-refractivity contribution in [1.82, 2.24) is 15.2 Å². The molecule has 1 aromatic rings. The summed E-state index contributed by atoms with van der Waals surface area (Å²) >= 11 is 0. The van der Waals surface area contributed by atoms with Gasteiger partial charge in [-0.2, -0.15) is 0 Å². The molecule has 0 aromatic carbocycles. The molecule has 1 fully saturated rings. The van der Waals surface area contributed by atoms with Crippen LogP contribution in [-0.4, -0.2) is 59.0 Å². The summed E-state index contributed by atoms with van der Waals surface area (Å²) in [5.41, 5.74) is 6.42. The first-order chi connectivity index (χ1) is 14.1. The van der Waals surface area contributed by atoms with Crippen molar-refractivity contribution < 1.29 is 18.8 Å². The molecule has 0 bridgehead atoms. The quantitative estimate of drug-likeness (QED) is 0.368. The van der Waals surface area contributed by atoms with Crippen LogP contribution in [0, 0.1) is 5.41 Å². The average Bonchev–Trinajstić information content (AvgIpc) is 3.11. The van der Waals surface area contributed by atoms with Gasteiger partial charge in [-0.1, -0.05) is 12.2 Å². The number of anilines is 1. The predicted molar refractivity (Wildman–Crippen MR) is 110 cm³/mol. The summed E-state index contributed by atoms with van der Waals surface area (Å²) in [4.78, 5) is 41.8. The van der Waals surface area contributed by atoms with Crippen LogP contribution in [0.25, 0.3) is 0 Å². The van der Waals surface area contributed by atoms with E-state index in [1.807, 2.05) is 0 Å². The highest BCUT2D eigenvalue weighted by Crippen LogP contribution is 2.22. The van der Waals surface area contributed by atoms with Crippen LogP contribution in [0.2, 0.25) is 0 Å². The van der Waals surface area contributed by atoms with Gasteiger partial charge in [0, 0.05) is 18.3 Å². The van der Waals surface area contributed by atoms with Crippen LogP contribution in [0.5, 0.6) is 0 Å². The van der Waals surface area contributed by atoms with Gasteiger partial charge in [0.05, 0.1) is 25.0 Å². The molecule has 2 rings (SSSR count). The lowest BCUT2D eigenvalue weighted by Gasteiger charge is -2.24. The van der Waals surface area contributed by atoms with E-state index in [4.69, 9.17) is 11.1 Å². The number of halogens is 1. The van der Waals surface area contributed by atoms with Crippen LogP contribution < -0.4 is 16.4 Å². The molecule has 30 heavy (non-hydrogen) atoms. The largest absolute Gasteiger partial charge is 0.374 e. The fourth-order valence-electron chi connectivity index (χ4n) is 2.91. The first-order valence-electron chi connectivity index (χ1n) is 9.24. The number of rotatable bonds is 8. The minimum atomic E-state index is -0.910. The third-order valence-corrected chi connectivity index (χ3v) is 4.60. The normalized spacial score (nSPS) is 15.5. The van der Waals surface area contributed by atoms with Gasteiger partial charge in [0.25, 0.3) is 5.91 Å². The number of carbonyl (C=O) groups is 3. The van der Waals surface area contributed by atoms with E-state index in [0.29, 0.717) is 23.3 Å². The molecule has 0 saturated carbocycles. The van der Waals surface area contributed by atoms with E-state index in [1.54, 1.807) is 13.8 Å². The molecule has 1 atom stereocenters. The van der Waals surface area contributed by atoms with Gasteiger partial charge >= 0.3 is 0 Å². The Hall–Kier alpha value is -3.56. The summed E-state index contributed by atoms with van der Waals surface area (Å²) in [7, 11) is 0. The van der Waals surface area contributed by atoms with Crippen LogP contribution in [0.1, 0.15) is 25.8 Å². The fraction of sp³-hybridized carbons (Fsp3) is 0.350. The highest BCUT2D eigenvalue weighted by molar-refractivity contribution is 6.44. The Morgan fingerprint density at radius 1 is 1.37 bits per heavy atom. The van der Waals surface area contributed by atoms with Gasteiger partial charge in [-0.15, -0.1) is 0 Å². The number of allylic oxidation sites excluding steroid dienone is 1. The van der Waals surface area contributed by atoms with Gasteiger partial charge in [-0.25, -0.2) is 4.39 Å². The number of nitrogens with zero attached hydrogens (tertiary/aromatic N) is 2. The lowest BCUT2D eigenvalue weighted by Crippen LogP contribution is -2.47. The molecule has 160 valence electrons. The number of nitrogens with one attached hydrogen (secondary N) is 3. The fourth-order valence-corrected chi connectivity index (χ4v) is 2.91. The second-order valence-electron chi connectivity index (χ2n) is 7.13. The zero-order valence-electron chi connectivity index (χ0n) is 16.9. The predicted octanol–water partition coefficient (Wildman–Crippen LogP) is 0.883. The lowest BCUT2D eigenvalue weighted by molar-refractivity contribution is -0.137. The Kier molecular flexibility index (Phi) is 7.40. The summed E-state index contributed by atoms with van der Waals surface area (Å²) in [5, 5.41) is 13.1. The third-order valence-electron chi connectivity index (χ3n) is 4.60. The van der Waals surface area contributed by atoms with Crippen LogP contribution in [0.4, 0.5) is 10.1 Å². The van der Waals surface area contributed by atoms with Gasteiger partial charge in [-0.05, 0) is 31.9 Å². The molecule has 2 heterocycles. The number of aromatic nitrogens is 1. The van der Waals surface area contributed by atoms with E-state index in [-0.39, 0.29) is 25.2 Å². The SMILES string of the molecule is C=C1C[C@@H](C(=O)NCC(F)=C(C)C)N(C(=O)CNc2cnccc2C(=N)C(N)=O)C1. The zero-order valence-corrected chi connectivity index (χ0v) is 16.9. The second kappa shape index (κ2) is 9.77. The maximum Gasteiger partial charge on any atom is 0.267 e. The number of hydrogen-bond acceptors (Lipinski definition) is 6.